The van der Waals surface area contributed by atoms with Gasteiger partial charge in [-0.15, -0.1) is 0 Å². The molecule has 0 fully saturated rings. The second-order valence-electron chi connectivity index (χ2n) is 8.15. The monoisotopic (exact) mass is 384 g/mol. The first-order valence-corrected chi connectivity index (χ1v) is 9.74. The number of rotatable bonds is 11. The second kappa shape index (κ2) is 10.4. The highest BCUT2D eigenvalue weighted by atomic mass is 19.1. The van der Waals surface area contributed by atoms with Gasteiger partial charge in [0.2, 0.25) is 5.82 Å². The molecule has 1 N–H and O–H groups in total. The van der Waals surface area contributed by atoms with Crippen molar-refractivity contribution in [2.75, 3.05) is 6.61 Å². The van der Waals surface area contributed by atoms with Crippen LogP contribution in [0.4, 0.5) is 4.39 Å². The molecule has 27 heavy (non-hydrogen) atoms. The van der Waals surface area contributed by atoms with Crippen LogP contribution >= 0.6 is 0 Å². The van der Waals surface area contributed by atoms with Gasteiger partial charge >= 0.3 is 11.7 Å². The fourth-order valence-electron chi connectivity index (χ4n) is 3.12. The van der Waals surface area contributed by atoms with Gasteiger partial charge in [-0.25, -0.2) is 4.79 Å². The van der Waals surface area contributed by atoms with Crippen LogP contribution in [-0.4, -0.2) is 22.1 Å². The number of carbonyl (C=O) groups excluding carboxylic acids is 1. The minimum atomic E-state index is -0.996. The summed E-state index contributed by atoms with van der Waals surface area (Å²) in [5.41, 5.74) is -2.07. The second-order valence-corrected chi connectivity index (χ2v) is 8.15. The third kappa shape index (κ3) is 6.96. The van der Waals surface area contributed by atoms with E-state index in [1.54, 1.807) is 0 Å². The Hall–Kier alpha value is -1.92. The standard InChI is InChI=1S/C20H33FN2O4/c1-14(2)12-20(5,15(3)4)18(25)27-11-9-7-6-8-10-23-13-16(21)17(24)22-19(23)26/h13-15H,6-12H2,1-5H3,(H,22,24,26). The maximum absolute atomic E-state index is 13.2. The van der Waals surface area contributed by atoms with Crippen molar-refractivity contribution >= 4 is 5.97 Å². The minimum Gasteiger partial charge on any atom is -0.465 e. The number of hydrogen-bond acceptors (Lipinski definition) is 4. The molecule has 0 aliphatic heterocycles. The number of ether oxygens (including phenoxy) is 1. The molecule has 0 radical (unpaired) electrons. The Balaban J connectivity index is 2.32. The first kappa shape index (κ1) is 23.1. The maximum atomic E-state index is 13.2. The average molecular weight is 384 g/mol. The molecule has 154 valence electrons. The van der Waals surface area contributed by atoms with E-state index < -0.39 is 22.5 Å². The number of unbranched alkanes of at least 4 members (excludes halogenated alkanes) is 3. The summed E-state index contributed by atoms with van der Waals surface area (Å²) in [5, 5.41) is 0. The van der Waals surface area contributed by atoms with Gasteiger partial charge in [0.25, 0.3) is 5.56 Å². The van der Waals surface area contributed by atoms with Gasteiger partial charge < -0.3 is 4.74 Å². The maximum Gasteiger partial charge on any atom is 0.328 e. The zero-order chi connectivity index (χ0) is 20.6. The molecule has 1 aromatic rings. The van der Waals surface area contributed by atoms with Crippen LogP contribution in [0.15, 0.2) is 15.8 Å². The van der Waals surface area contributed by atoms with Crippen LogP contribution in [0.5, 0.6) is 0 Å². The minimum absolute atomic E-state index is 0.138. The van der Waals surface area contributed by atoms with Crippen molar-refractivity contribution in [3.05, 3.63) is 32.9 Å². The third-order valence-electron chi connectivity index (χ3n) is 5.07. The highest BCUT2D eigenvalue weighted by molar-refractivity contribution is 5.76. The molecule has 1 aromatic heterocycles. The predicted molar refractivity (Wildman–Crippen MR) is 103 cm³/mol. The lowest BCUT2D eigenvalue weighted by Crippen LogP contribution is -2.36. The molecule has 1 atom stereocenters. The molecule has 0 saturated heterocycles. The Kier molecular flexibility index (Phi) is 8.93. The van der Waals surface area contributed by atoms with E-state index in [0.717, 1.165) is 36.4 Å². The molecular formula is C20H33FN2O4. The summed E-state index contributed by atoms with van der Waals surface area (Å²) in [7, 11) is 0. The zero-order valence-electron chi connectivity index (χ0n) is 17.1. The van der Waals surface area contributed by atoms with Gasteiger partial charge in [-0.2, -0.15) is 4.39 Å². The van der Waals surface area contributed by atoms with Gasteiger partial charge in [-0.05, 0) is 44.4 Å². The van der Waals surface area contributed by atoms with E-state index in [-0.39, 0.29) is 11.9 Å². The molecule has 0 saturated carbocycles. The van der Waals surface area contributed by atoms with Gasteiger partial charge in [0, 0.05) is 6.54 Å². The van der Waals surface area contributed by atoms with Crippen molar-refractivity contribution < 1.29 is 13.9 Å². The molecule has 0 aromatic carbocycles. The van der Waals surface area contributed by atoms with Crippen LogP contribution in [0.3, 0.4) is 0 Å². The largest absolute Gasteiger partial charge is 0.465 e. The number of hydrogen-bond donors (Lipinski definition) is 1. The number of aromatic amines is 1. The van der Waals surface area contributed by atoms with Crippen LogP contribution in [0.2, 0.25) is 0 Å². The quantitative estimate of drug-likeness (QED) is 0.468. The summed E-state index contributed by atoms with van der Waals surface area (Å²) >= 11 is 0. The normalized spacial score (nSPS) is 13.8. The number of esters is 1. The summed E-state index contributed by atoms with van der Waals surface area (Å²) in [6.07, 6.45) is 4.82. The van der Waals surface area contributed by atoms with Crippen molar-refractivity contribution in [3.8, 4) is 0 Å². The van der Waals surface area contributed by atoms with E-state index in [0.29, 0.717) is 25.5 Å². The zero-order valence-corrected chi connectivity index (χ0v) is 17.1. The van der Waals surface area contributed by atoms with Gasteiger partial charge in [0.15, 0.2) is 0 Å². The third-order valence-corrected chi connectivity index (χ3v) is 5.07. The van der Waals surface area contributed by atoms with Crippen molar-refractivity contribution in [1.82, 2.24) is 9.55 Å². The van der Waals surface area contributed by atoms with Gasteiger partial charge in [-0.3, -0.25) is 19.1 Å². The lowest BCUT2D eigenvalue weighted by Gasteiger charge is -2.32. The van der Waals surface area contributed by atoms with Crippen LogP contribution < -0.4 is 11.2 Å². The Morgan fingerprint density at radius 1 is 1.19 bits per heavy atom. The van der Waals surface area contributed by atoms with Crippen LogP contribution in [0, 0.1) is 23.1 Å². The molecule has 0 spiro atoms. The molecular weight excluding hydrogens is 351 g/mol. The highest BCUT2D eigenvalue weighted by Gasteiger charge is 2.38. The van der Waals surface area contributed by atoms with E-state index in [2.05, 4.69) is 13.8 Å². The Morgan fingerprint density at radius 2 is 1.81 bits per heavy atom. The number of aromatic nitrogens is 2. The molecule has 7 heteroatoms. The molecule has 0 bridgehead atoms. The van der Waals surface area contributed by atoms with Crippen molar-refractivity contribution in [2.24, 2.45) is 17.3 Å². The lowest BCUT2D eigenvalue weighted by molar-refractivity contribution is -0.159. The summed E-state index contributed by atoms with van der Waals surface area (Å²) < 4.78 is 19.9. The van der Waals surface area contributed by atoms with Crippen molar-refractivity contribution in [3.63, 3.8) is 0 Å². The smallest absolute Gasteiger partial charge is 0.328 e. The number of aryl methyl sites for hydroxylation is 1. The molecule has 1 unspecified atom stereocenters. The van der Waals surface area contributed by atoms with Crippen LogP contribution in [0.25, 0.3) is 0 Å². The van der Waals surface area contributed by atoms with Crippen LogP contribution in [0.1, 0.15) is 66.7 Å². The van der Waals surface area contributed by atoms with E-state index in [4.69, 9.17) is 4.74 Å². The molecule has 0 aliphatic carbocycles. The first-order valence-electron chi connectivity index (χ1n) is 9.74. The first-order chi connectivity index (χ1) is 12.6. The van der Waals surface area contributed by atoms with E-state index >= 15 is 0 Å². The SMILES string of the molecule is CC(C)CC(C)(C(=O)OCCCCCCn1cc(F)c(=O)[nH]c1=O)C(C)C. The van der Waals surface area contributed by atoms with Crippen molar-refractivity contribution in [1.29, 1.82) is 0 Å². The highest BCUT2D eigenvalue weighted by Crippen LogP contribution is 2.35. The van der Waals surface area contributed by atoms with Gasteiger partial charge in [0.05, 0.1) is 18.2 Å². The molecule has 0 aliphatic rings. The van der Waals surface area contributed by atoms with Crippen molar-refractivity contribution in [2.45, 2.75) is 73.3 Å². The average Bonchev–Trinajstić information content (AvgIpc) is 2.57. The van der Waals surface area contributed by atoms with E-state index in [9.17, 15) is 18.8 Å². The van der Waals surface area contributed by atoms with E-state index in [1.165, 1.54) is 0 Å². The van der Waals surface area contributed by atoms with Gasteiger partial charge in [0.1, 0.15) is 0 Å². The Labute approximate surface area is 160 Å². The fraction of sp³-hybridized carbons (Fsp3) is 0.750. The number of nitrogens with one attached hydrogen (secondary N) is 1. The van der Waals surface area contributed by atoms with Crippen LogP contribution in [-0.2, 0) is 16.1 Å². The lowest BCUT2D eigenvalue weighted by atomic mass is 9.73. The summed E-state index contributed by atoms with van der Waals surface area (Å²) in [4.78, 5) is 36.9. The molecule has 1 rings (SSSR count). The summed E-state index contributed by atoms with van der Waals surface area (Å²) in [6.45, 7) is 11.0. The fourth-order valence-corrected chi connectivity index (χ4v) is 3.12. The van der Waals surface area contributed by atoms with Gasteiger partial charge in [-0.1, -0.05) is 34.1 Å². The molecule has 1 heterocycles. The molecule has 0 amide bonds. The Bertz CT molecular complexity index is 723. The predicted octanol–water partition coefficient (Wildman–Crippen LogP) is 3.49. The topological polar surface area (TPSA) is 81.2 Å². The number of H-pyrrole nitrogens is 1. The number of nitrogens with zero attached hydrogens (tertiary/aromatic N) is 1. The van der Waals surface area contributed by atoms with E-state index in [1.807, 2.05) is 25.8 Å². The summed E-state index contributed by atoms with van der Waals surface area (Å²) in [5.74, 6) is -0.466. The summed E-state index contributed by atoms with van der Waals surface area (Å²) in [6, 6.07) is 0. The number of halogens is 1. The Morgan fingerprint density at radius 3 is 2.41 bits per heavy atom. The molecule has 6 nitrogen and oxygen atoms in total. The number of carbonyl (C=O) groups is 1.